The molecule has 0 saturated carbocycles. The van der Waals surface area contributed by atoms with Gasteiger partial charge >= 0.3 is 0 Å². The maximum absolute atomic E-state index is 12.9. The normalized spacial score (nSPS) is 22.4. The van der Waals surface area contributed by atoms with E-state index in [2.05, 4.69) is 11.8 Å². The van der Waals surface area contributed by atoms with Crippen LogP contribution in [0.15, 0.2) is 24.3 Å². The summed E-state index contributed by atoms with van der Waals surface area (Å²) in [5.41, 5.74) is 1.18. The Balaban J connectivity index is 1.90. The minimum atomic E-state index is -0.170. The molecule has 0 aromatic heterocycles. The maximum Gasteiger partial charge on any atom is 0.123 e. The smallest absolute Gasteiger partial charge is 0.123 e. The highest BCUT2D eigenvalue weighted by Crippen LogP contribution is 2.21. The lowest BCUT2D eigenvalue weighted by atomic mass is 9.97. The van der Waals surface area contributed by atoms with Crippen LogP contribution in [-0.2, 0) is 11.2 Å². The monoisotopic (exact) mass is 264 g/mol. The number of piperidine rings is 1. The lowest BCUT2D eigenvalue weighted by Crippen LogP contribution is -2.47. The number of ether oxygens (including phenoxy) is 1. The van der Waals surface area contributed by atoms with E-state index in [0.717, 1.165) is 25.9 Å². The average Bonchev–Trinajstić information content (AvgIpc) is 2.46. The van der Waals surface area contributed by atoms with Crippen LogP contribution in [0.25, 0.3) is 0 Å². The molecule has 1 heterocycles. The van der Waals surface area contributed by atoms with Crippen LogP contribution in [-0.4, -0.2) is 37.2 Å². The molecule has 2 rings (SSSR count). The van der Waals surface area contributed by atoms with Crippen molar-refractivity contribution in [1.82, 2.24) is 4.90 Å². The summed E-state index contributed by atoms with van der Waals surface area (Å²) in [6.07, 6.45) is 4.65. The molecule has 1 saturated heterocycles. The summed E-state index contributed by atoms with van der Waals surface area (Å²) in [7, 11) is 1.73. The quantitative estimate of drug-likeness (QED) is 0.810. The van der Waals surface area contributed by atoms with Crippen molar-refractivity contribution >= 4 is 0 Å². The van der Waals surface area contributed by atoms with Gasteiger partial charge in [-0.25, -0.2) is 4.39 Å². The molecule has 2 unspecified atom stereocenters. The molecule has 1 aliphatic heterocycles. The lowest BCUT2D eigenvalue weighted by Gasteiger charge is -2.38. The lowest BCUT2D eigenvalue weighted by molar-refractivity contribution is 0.0220. The molecule has 1 aliphatic rings. The first-order valence-electron chi connectivity index (χ1n) is 7.05. The summed E-state index contributed by atoms with van der Waals surface area (Å²) in [5.74, 6) is -0.170. The zero-order valence-electron chi connectivity index (χ0n) is 11.6. The van der Waals surface area contributed by atoms with Gasteiger partial charge in [-0.05, 0) is 50.4 Å². The van der Waals surface area contributed by atoms with E-state index < -0.39 is 0 Å². The highest BCUT2D eigenvalue weighted by molar-refractivity contribution is 5.16. The van der Waals surface area contributed by atoms with E-state index in [1.165, 1.54) is 30.5 Å². The molecule has 0 N–H and O–H groups in total. The second kappa shape index (κ2) is 7.01. The van der Waals surface area contributed by atoms with Gasteiger partial charge in [0.05, 0.1) is 6.10 Å². The van der Waals surface area contributed by atoms with Gasteiger partial charge in [0.2, 0.25) is 0 Å². The van der Waals surface area contributed by atoms with Crippen molar-refractivity contribution in [3.05, 3.63) is 42.6 Å². The molecule has 2 atom stereocenters. The molecular formula is C16H23FNO. The third-order valence-corrected chi connectivity index (χ3v) is 4.00. The molecular weight excluding hydrogens is 241 g/mol. The Kier molecular flexibility index (Phi) is 5.34. The predicted octanol–water partition coefficient (Wildman–Crippen LogP) is 3.07. The SMILES string of the molecule is [CH2]C(OC)C1CCCCN1CCc1ccc(F)cc1. The van der Waals surface area contributed by atoms with Gasteiger partial charge in [-0.3, -0.25) is 4.90 Å². The van der Waals surface area contributed by atoms with Gasteiger partial charge in [0.1, 0.15) is 5.82 Å². The second-order valence-electron chi connectivity index (χ2n) is 5.25. The molecule has 1 fully saturated rings. The summed E-state index contributed by atoms with van der Waals surface area (Å²) in [4.78, 5) is 2.47. The highest BCUT2D eigenvalue weighted by Gasteiger charge is 2.26. The number of halogens is 1. The fourth-order valence-corrected chi connectivity index (χ4v) is 2.80. The van der Waals surface area contributed by atoms with Crippen molar-refractivity contribution in [2.24, 2.45) is 0 Å². The van der Waals surface area contributed by atoms with Crippen LogP contribution in [0.3, 0.4) is 0 Å². The van der Waals surface area contributed by atoms with Crippen LogP contribution in [0.2, 0.25) is 0 Å². The Morgan fingerprint density at radius 1 is 1.37 bits per heavy atom. The number of benzene rings is 1. The van der Waals surface area contributed by atoms with Gasteiger partial charge in [-0.2, -0.15) is 0 Å². The number of nitrogens with zero attached hydrogens (tertiary/aromatic N) is 1. The zero-order chi connectivity index (χ0) is 13.7. The molecule has 0 spiro atoms. The predicted molar refractivity (Wildman–Crippen MR) is 75.5 cm³/mol. The number of likely N-dealkylation sites (tertiary alicyclic amines) is 1. The minimum Gasteiger partial charge on any atom is -0.380 e. The third-order valence-electron chi connectivity index (χ3n) is 4.00. The number of methoxy groups -OCH3 is 1. The molecule has 2 nitrogen and oxygen atoms in total. The standard InChI is InChI=1S/C16H23FNO/c1-13(19-2)16-5-3-4-11-18(16)12-10-14-6-8-15(17)9-7-14/h6-9,13,16H,1,3-5,10-12H2,2H3. The fourth-order valence-electron chi connectivity index (χ4n) is 2.80. The molecule has 1 aromatic carbocycles. The Labute approximate surface area is 115 Å². The molecule has 3 heteroatoms. The van der Waals surface area contributed by atoms with E-state index >= 15 is 0 Å². The van der Waals surface area contributed by atoms with Gasteiger partial charge < -0.3 is 4.74 Å². The summed E-state index contributed by atoms with van der Waals surface area (Å²) in [5, 5.41) is 0. The first-order chi connectivity index (χ1) is 9.20. The molecule has 1 aromatic rings. The van der Waals surface area contributed by atoms with E-state index in [9.17, 15) is 4.39 Å². The van der Waals surface area contributed by atoms with Crippen molar-refractivity contribution in [3.63, 3.8) is 0 Å². The average molecular weight is 264 g/mol. The molecule has 0 amide bonds. The number of hydrogen-bond acceptors (Lipinski definition) is 2. The van der Waals surface area contributed by atoms with E-state index in [0.29, 0.717) is 6.04 Å². The van der Waals surface area contributed by atoms with E-state index in [1.54, 1.807) is 7.11 Å². The third kappa shape index (κ3) is 4.02. The molecule has 105 valence electrons. The Hall–Kier alpha value is -0.930. The number of hydrogen-bond donors (Lipinski definition) is 0. The summed E-state index contributed by atoms with van der Waals surface area (Å²) >= 11 is 0. The van der Waals surface area contributed by atoms with Crippen LogP contribution in [0.5, 0.6) is 0 Å². The van der Waals surface area contributed by atoms with Crippen molar-refractivity contribution < 1.29 is 9.13 Å². The zero-order valence-corrected chi connectivity index (χ0v) is 11.6. The van der Waals surface area contributed by atoms with Crippen molar-refractivity contribution in [1.29, 1.82) is 0 Å². The van der Waals surface area contributed by atoms with Gasteiger partial charge in [-0.1, -0.05) is 18.6 Å². The topological polar surface area (TPSA) is 12.5 Å². The van der Waals surface area contributed by atoms with E-state index in [-0.39, 0.29) is 11.9 Å². The van der Waals surface area contributed by atoms with Crippen LogP contribution < -0.4 is 0 Å². The summed E-state index contributed by atoms with van der Waals surface area (Å²) < 4.78 is 18.2. The molecule has 1 radical (unpaired) electrons. The van der Waals surface area contributed by atoms with Gasteiger partial charge in [-0.15, -0.1) is 0 Å². The van der Waals surface area contributed by atoms with Crippen molar-refractivity contribution in [3.8, 4) is 0 Å². The largest absolute Gasteiger partial charge is 0.380 e. The van der Waals surface area contributed by atoms with Crippen molar-refractivity contribution in [2.75, 3.05) is 20.2 Å². The van der Waals surface area contributed by atoms with Crippen molar-refractivity contribution in [2.45, 2.75) is 37.8 Å². The van der Waals surface area contributed by atoms with E-state index in [4.69, 9.17) is 4.74 Å². The molecule has 19 heavy (non-hydrogen) atoms. The Morgan fingerprint density at radius 2 is 2.11 bits per heavy atom. The summed E-state index contributed by atoms with van der Waals surface area (Å²) in [6.45, 7) is 6.19. The maximum atomic E-state index is 12.9. The highest BCUT2D eigenvalue weighted by atomic mass is 19.1. The van der Waals surface area contributed by atoms with Gasteiger partial charge in [0.25, 0.3) is 0 Å². The van der Waals surface area contributed by atoms with E-state index in [1.807, 2.05) is 12.1 Å². The van der Waals surface area contributed by atoms with Crippen LogP contribution >= 0.6 is 0 Å². The fraction of sp³-hybridized carbons (Fsp3) is 0.562. The summed E-state index contributed by atoms with van der Waals surface area (Å²) in [6, 6.07) is 7.21. The first kappa shape index (κ1) is 14.5. The van der Waals surface area contributed by atoms with Gasteiger partial charge in [0.15, 0.2) is 0 Å². The van der Waals surface area contributed by atoms with Crippen LogP contribution in [0.1, 0.15) is 24.8 Å². The van der Waals surface area contributed by atoms with Crippen LogP contribution in [0, 0.1) is 12.7 Å². The molecule has 0 bridgehead atoms. The van der Waals surface area contributed by atoms with Crippen LogP contribution in [0.4, 0.5) is 4.39 Å². The second-order valence-corrected chi connectivity index (χ2v) is 5.25. The number of rotatable bonds is 5. The molecule has 0 aliphatic carbocycles. The minimum absolute atomic E-state index is 0.0357. The van der Waals surface area contributed by atoms with Gasteiger partial charge in [0, 0.05) is 19.7 Å². The Bertz CT molecular complexity index is 379. The Morgan fingerprint density at radius 3 is 2.79 bits per heavy atom. The first-order valence-corrected chi connectivity index (χ1v) is 7.05.